The summed E-state index contributed by atoms with van der Waals surface area (Å²) in [5, 5.41) is 9.43. The molecule has 0 aliphatic carbocycles. The number of carbonyl (C=O) groups is 3. The van der Waals surface area contributed by atoms with Crippen molar-refractivity contribution >= 4 is 17.7 Å². The number of hydrogen-bond donors (Lipinski definition) is 1. The van der Waals surface area contributed by atoms with Gasteiger partial charge >= 0.3 is 5.97 Å². The average Bonchev–Trinajstić information content (AvgIpc) is 2.67. The Morgan fingerprint density at radius 3 is 2.54 bits per heavy atom. The van der Waals surface area contributed by atoms with Gasteiger partial charge in [-0.2, -0.15) is 0 Å². The van der Waals surface area contributed by atoms with Gasteiger partial charge in [-0.05, 0) is 51.9 Å². The molecule has 158 valence electrons. The fraction of sp³-hybridized carbons (Fsp3) is 0.762. The second-order valence-corrected chi connectivity index (χ2v) is 8.31. The summed E-state index contributed by atoms with van der Waals surface area (Å²) < 4.78 is 11.6. The van der Waals surface area contributed by atoms with E-state index in [2.05, 4.69) is 6.58 Å². The molecule has 7 heteroatoms. The predicted molar refractivity (Wildman–Crippen MR) is 104 cm³/mol. The number of ketones is 1. The molecule has 0 unspecified atom stereocenters. The number of Topliss-reactive ketones (excluding diaryl/α,β-unsaturated/α-hetero) is 1. The fourth-order valence-electron chi connectivity index (χ4n) is 4.19. The molecule has 0 aromatic heterocycles. The number of likely N-dealkylation sites (tertiary alicyclic amines) is 1. The first-order chi connectivity index (χ1) is 13.1. The van der Waals surface area contributed by atoms with E-state index in [1.165, 1.54) is 4.90 Å². The Morgan fingerprint density at radius 1 is 1.29 bits per heavy atom. The number of carboxylic acid groups (broad SMARTS) is 1. The minimum atomic E-state index is -1.27. The quantitative estimate of drug-likeness (QED) is 0.526. The second-order valence-electron chi connectivity index (χ2n) is 8.31. The van der Waals surface area contributed by atoms with Crippen LogP contribution in [-0.2, 0) is 23.9 Å². The minimum absolute atomic E-state index is 0.140. The van der Waals surface area contributed by atoms with E-state index in [1.807, 2.05) is 13.8 Å². The van der Waals surface area contributed by atoms with Crippen LogP contribution in [-0.4, -0.2) is 65.2 Å². The van der Waals surface area contributed by atoms with Crippen molar-refractivity contribution in [2.45, 2.75) is 83.1 Å². The van der Waals surface area contributed by atoms with E-state index in [-0.39, 0.29) is 24.7 Å². The number of methoxy groups -OCH3 is 1. The van der Waals surface area contributed by atoms with E-state index in [0.29, 0.717) is 19.3 Å². The first-order valence-electron chi connectivity index (χ1n) is 10.1. The average molecular weight is 395 g/mol. The van der Waals surface area contributed by atoms with Gasteiger partial charge in [0.25, 0.3) is 11.7 Å². The highest BCUT2D eigenvalue weighted by molar-refractivity contribution is 6.39. The molecule has 2 aliphatic heterocycles. The summed E-state index contributed by atoms with van der Waals surface area (Å²) in [5.41, 5.74) is -0.389. The first-order valence-corrected chi connectivity index (χ1v) is 10.1. The van der Waals surface area contributed by atoms with E-state index >= 15 is 0 Å². The summed E-state index contributed by atoms with van der Waals surface area (Å²) in [4.78, 5) is 38.9. The molecule has 1 N–H and O–H groups in total. The van der Waals surface area contributed by atoms with Crippen molar-refractivity contribution in [2.75, 3.05) is 13.7 Å². The van der Waals surface area contributed by atoms with E-state index < -0.39 is 29.3 Å². The lowest BCUT2D eigenvalue weighted by atomic mass is 9.78. The largest absolute Gasteiger partial charge is 0.480 e. The number of piperidine rings is 1. The van der Waals surface area contributed by atoms with E-state index in [4.69, 9.17) is 9.47 Å². The van der Waals surface area contributed by atoms with Crippen molar-refractivity contribution in [3.63, 3.8) is 0 Å². The van der Waals surface area contributed by atoms with Crippen LogP contribution in [0.2, 0.25) is 0 Å². The Balaban J connectivity index is 2.17. The number of nitrogens with zero attached hydrogens (tertiary/aromatic N) is 1. The molecule has 7 nitrogen and oxygen atoms in total. The third kappa shape index (κ3) is 4.63. The first kappa shape index (κ1) is 22.6. The number of amides is 1. The summed E-state index contributed by atoms with van der Waals surface area (Å²) in [5.74, 6) is -2.60. The molecule has 0 bridgehead atoms. The lowest BCUT2D eigenvalue weighted by Gasteiger charge is -2.44. The van der Waals surface area contributed by atoms with Crippen LogP contribution in [0, 0.1) is 5.92 Å². The molecule has 0 aromatic carbocycles. The number of rotatable bonds is 7. The molecule has 28 heavy (non-hydrogen) atoms. The summed E-state index contributed by atoms with van der Waals surface area (Å²) in [7, 11) is 1.61. The molecule has 0 spiro atoms. The molecule has 2 aliphatic rings. The van der Waals surface area contributed by atoms with Gasteiger partial charge in [-0.1, -0.05) is 19.1 Å². The Kier molecular flexibility index (Phi) is 7.39. The molecule has 2 heterocycles. The van der Waals surface area contributed by atoms with Crippen LogP contribution >= 0.6 is 0 Å². The second kappa shape index (κ2) is 9.18. The van der Waals surface area contributed by atoms with Gasteiger partial charge in [-0.15, -0.1) is 0 Å². The van der Waals surface area contributed by atoms with Crippen molar-refractivity contribution in [3.05, 3.63) is 12.2 Å². The maximum absolute atomic E-state index is 13.2. The number of hydrogen-bond acceptors (Lipinski definition) is 5. The van der Waals surface area contributed by atoms with Gasteiger partial charge in [0.2, 0.25) is 0 Å². The van der Waals surface area contributed by atoms with E-state index in [1.54, 1.807) is 14.0 Å². The van der Waals surface area contributed by atoms with Crippen molar-refractivity contribution < 1.29 is 29.0 Å². The zero-order chi connectivity index (χ0) is 21.1. The lowest BCUT2D eigenvalue weighted by molar-refractivity contribution is -0.183. The summed E-state index contributed by atoms with van der Waals surface area (Å²) >= 11 is 0. The minimum Gasteiger partial charge on any atom is -0.480 e. The fourth-order valence-corrected chi connectivity index (χ4v) is 4.19. The van der Waals surface area contributed by atoms with Crippen molar-refractivity contribution in [1.29, 1.82) is 0 Å². The van der Waals surface area contributed by atoms with Crippen molar-refractivity contribution in [3.8, 4) is 0 Å². The maximum Gasteiger partial charge on any atom is 0.326 e. The highest BCUT2D eigenvalue weighted by Crippen LogP contribution is 2.37. The number of carbonyl (C=O) groups excluding carboxylic acids is 2. The van der Waals surface area contributed by atoms with Gasteiger partial charge in [0.15, 0.2) is 0 Å². The van der Waals surface area contributed by atoms with Crippen LogP contribution in [0.25, 0.3) is 0 Å². The van der Waals surface area contributed by atoms with Crippen molar-refractivity contribution in [1.82, 2.24) is 4.90 Å². The highest BCUT2D eigenvalue weighted by atomic mass is 16.5. The number of carboxylic acids is 1. The molecule has 0 radical (unpaired) electrons. The van der Waals surface area contributed by atoms with Crippen LogP contribution in [0.1, 0.15) is 59.3 Å². The Hall–Kier alpha value is -1.73. The third-order valence-electron chi connectivity index (χ3n) is 6.28. The number of aliphatic carboxylic acids is 1. The lowest BCUT2D eigenvalue weighted by Crippen LogP contribution is -2.59. The number of ether oxygens (including phenoxy) is 2. The Labute approximate surface area is 167 Å². The molecular formula is C21H33NO6. The topological polar surface area (TPSA) is 93.1 Å². The van der Waals surface area contributed by atoms with Crippen LogP contribution in [0.15, 0.2) is 12.2 Å². The summed E-state index contributed by atoms with van der Waals surface area (Å²) in [6.07, 6.45) is 3.49. The smallest absolute Gasteiger partial charge is 0.326 e. The van der Waals surface area contributed by atoms with Crippen LogP contribution in [0.3, 0.4) is 0 Å². The normalized spacial score (nSPS) is 31.9. The molecule has 5 atom stereocenters. The zero-order valence-electron chi connectivity index (χ0n) is 17.4. The molecule has 0 saturated carbocycles. The zero-order valence-corrected chi connectivity index (χ0v) is 17.4. The summed E-state index contributed by atoms with van der Waals surface area (Å²) in [6.45, 7) is 9.66. The highest BCUT2D eigenvalue weighted by Gasteiger charge is 2.50. The van der Waals surface area contributed by atoms with Gasteiger partial charge in [0.1, 0.15) is 11.6 Å². The molecule has 2 fully saturated rings. The standard InChI is InChI=1S/C21H33NO6/c1-13(2)17(27-5)12-15-10-9-14(3)21(4,28-15)18(23)19(24)22-11-7-6-8-16(22)20(25)26/h14-17H,1,6-12H2,2-5H3,(H,25,26)/t14-,15+,16+,17+,21-/m1/s1. The Bertz CT molecular complexity index is 632. The van der Waals surface area contributed by atoms with Crippen LogP contribution in [0.5, 0.6) is 0 Å². The third-order valence-corrected chi connectivity index (χ3v) is 6.28. The van der Waals surface area contributed by atoms with Gasteiger partial charge in [-0.25, -0.2) is 4.79 Å². The van der Waals surface area contributed by atoms with Crippen molar-refractivity contribution in [2.24, 2.45) is 5.92 Å². The molecular weight excluding hydrogens is 362 g/mol. The SMILES string of the molecule is C=C(C)[C@H](C[C@@H]1CC[C@@H](C)[C@](C)(C(=O)C(=O)N2CCCC[C@H]2C(=O)O)O1)OC. The van der Waals surface area contributed by atoms with Crippen LogP contribution < -0.4 is 0 Å². The van der Waals surface area contributed by atoms with E-state index in [0.717, 1.165) is 24.8 Å². The Morgan fingerprint density at radius 2 is 1.96 bits per heavy atom. The van der Waals surface area contributed by atoms with E-state index in [9.17, 15) is 19.5 Å². The van der Waals surface area contributed by atoms with Gasteiger partial charge in [0.05, 0.1) is 12.2 Å². The summed E-state index contributed by atoms with van der Waals surface area (Å²) in [6, 6.07) is -0.940. The van der Waals surface area contributed by atoms with Gasteiger partial charge in [-0.3, -0.25) is 9.59 Å². The molecule has 2 saturated heterocycles. The predicted octanol–water partition coefficient (Wildman–Crippen LogP) is 2.58. The molecule has 1 amide bonds. The maximum atomic E-state index is 13.2. The van der Waals surface area contributed by atoms with Gasteiger partial charge < -0.3 is 19.5 Å². The van der Waals surface area contributed by atoms with Crippen LogP contribution in [0.4, 0.5) is 0 Å². The molecule has 2 rings (SSSR count). The molecule has 0 aromatic rings. The monoisotopic (exact) mass is 395 g/mol. The van der Waals surface area contributed by atoms with Gasteiger partial charge in [0, 0.05) is 20.1 Å².